The minimum absolute atomic E-state index is 0.0496. The molecule has 2 aliphatic rings. The molecule has 18 heavy (non-hydrogen) atoms. The summed E-state index contributed by atoms with van der Waals surface area (Å²) in [6.07, 6.45) is -3.83. The molecule has 1 unspecified atom stereocenters. The topological polar surface area (TPSA) is 21.3 Å². The van der Waals surface area contributed by atoms with Gasteiger partial charge < -0.3 is 10.1 Å². The average Bonchev–Trinajstić information content (AvgIpc) is 2.53. The Balaban J connectivity index is 2.19. The van der Waals surface area contributed by atoms with E-state index in [4.69, 9.17) is 4.74 Å². The van der Waals surface area contributed by atoms with Crippen LogP contribution in [0.2, 0.25) is 0 Å². The number of nitrogens with one attached hydrogen (secondary N) is 1. The van der Waals surface area contributed by atoms with E-state index in [1.807, 2.05) is 0 Å². The molecule has 0 bridgehead atoms. The molecule has 0 amide bonds. The minimum Gasteiger partial charge on any atom is -0.376 e. The van der Waals surface area contributed by atoms with E-state index in [-0.39, 0.29) is 5.92 Å². The fourth-order valence-electron chi connectivity index (χ4n) is 2.93. The molecule has 5 heteroatoms. The number of benzene rings is 1. The van der Waals surface area contributed by atoms with Crippen LogP contribution in [0.4, 0.5) is 13.2 Å². The molecule has 2 nitrogen and oxygen atoms in total. The van der Waals surface area contributed by atoms with E-state index in [0.717, 1.165) is 11.1 Å². The van der Waals surface area contributed by atoms with Gasteiger partial charge in [0.1, 0.15) is 0 Å². The Bertz CT molecular complexity index is 470. The number of hydrogen-bond acceptors (Lipinski definition) is 2. The van der Waals surface area contributed by atoms with E-state index in [2.05, 4.69) is 5.32 Å². The summed E-state index contributed by atoms with van der Waals surface area (Å²) >= 11 is 0. The third-order valence-electron chi connectivity index (χ3n) is 3.68. The van der Waals surface area contributed by atoms with Gasteiger partial charge in [-0.15, -0.1) is 0 Å². The van der Waals surface area contributed by atoms with Crippen molar-refractivity contribution in [3.05, 3.63) is 34.4 Å². The molecule has 3 rings (SSSR count). The molecule has 1 aromatic rings. The lowest BCUT2D eigenvalue weighted by Crippen LogP contribution is -2.26. The maximum absolute atomic E-state index is 13.0. The van der Waals surface area contributed by atoms with Crippen molar-refractivity contribution in [1.29, 1.82) is 0 Å². The number of alkyl halides is 3. The van der Waals surface area contributed by atoms with Gasteiger partial charge in [-0.05, 0) is 35.7 Å². The second-order valence-electron chi connectivity index (χ2n) is 4.83. The van der Waals surface area contributed by atoms with Gasteiger partial charge in [0.2, 0.25) is 0 Å². The van der Waals surface area contributed by atoms with Crippen molar-refractivity contribution in [3.63, 3.8) is 0 Å². The van der Waals surface area contributed by atoms with Gasteiger partial charge >= 0.3 is 6.18 Å². The van der Waals surface area contributed by atoms with Gasteiger partial charge in [-0.2, -0.15) is 13.2 Å². The van der Waals surface area contributed by atoms with Crippen molar-refractivity contribution in [2.24, 2.45) is 0 Å². The van der Waals surface area contributed by atoms with E-state index in [1.54, 1.807) is 6.07 Å². The molecule has 1 aromatic carbocycles. The fourth-order valence-corrected chi connectivity index (χ4v) is 2.93. The Labute approximate surface area is 103 Å². The first kappa shape index (κ1) is 12.0. The standard InChI is InChI=1S/C13H14F3NO/c14-13(15,16)11-2-1-8-6-18-7-9-5-17-4-3-10(11)12(8)9/h1-2,9,17H,3-7H2. The molecule has 0 aromatic heterocycles. The van der Waals surface area contributed by atoms with Crippen molar-refractivity contribution in [3.8, 4) is 0 Å². The fraction of sp³-hybridized carbons (Fsp3) is 0.538. The molecule has 0 spiro atoms. The summed E-state index contributed by atoms with van der Waals surface area (Å²) in [5.41, 5.74) is 1.79. The maximum atomic E-state index is 13.0. The summed E-state index contributed by atoms with van der Waals surface area (Å²) in [6, 6.07) is 2.77. The first-order valence-corrected chi connectivity index (χ1v) is 6.07. The maximum Gasteiger partial charge on any atom is 0.416 e. The third-order valence-corrected chi connectivity index (χ3v) is 3.68. The zero-order valence-corrected chi connectivity index (χ0v) is 9.81. The van der Waals surface area contributed by atoms with Gasteiger partial charge in [-0.3, -0.25) is 0 Å². The lowest BCUT2D eigenvalue weighted by molar-refractivity contribution is -0.138. The number of halogens is 3. The predicted molar refractivity (Wildman–Crippen MR) is 60.4 cm³/mol. The van der Waals surface area contributed by atoms with Crippen LogP contribution in [0, 0.1) is 0 Å². The van der Waals surface area contributed by atoms with E-state index in [9.17, 15) is 13.2 Å². The largest absolute Gasteiger partial charge is 0.416 e. The van der Waals surface area contributed by atoms with Crippen LogP contribution < -0.4 is 5.32 Å². The summed E-state index contributed by atoms with van der Waals surface area (Å²) in [7, 11) is 0. The van der Waals surface area contributed by atoms with Gasteiger partial charge in [0.25, 0.3) is 0 Å². The first-order chi connectivity index (χ1) is 8.57. The van der Waals surface area contributed by atoms with Crippen LogP contribution in [0.5, 0.6) is 0 Å². The first-order valence-electron chi connectivity index (χ1n) is 6.07. The number of hydrogen-bond donors (Lipinski definition) is 1. The monoisotopic (exact) mass is 257 g/mol. The van der Waals surface area contributed by atoms with Crippen LogP contribution in [-0.2, 0) is 23.9 Å². The lowest BCUT2D eigenvalue weighted by atomic mass is 9.85. The Morgan fingerprint density at radius 1 is 1.28 bits per heavy atom. The van der Waals surface area contributed by atoms with Crippen molar-refractivity contribution < 1.29 is 17.9 Å². The van der Waals surface area contributed by atoms with E-state index < -0.39 is 11.7 Å². The number of rotatable bonds is 0. The minimum atomic E-state index is -4.27. The normalized spacial score (nSPS) is 23.4. The molecule has 0 fully saturated rings. The van der Waals surface area contributed by atoms with Crippen LogP contribution in [0.1, 0.15) is 28.2 Å². The van der Waals surface area contributed by atoms with Crippen molar-refractivity contribution in [2.45, 2.75) is 25.1 Å². The SMILES string of the molecule is FC(F)(F)c1ccc2c3c1CCNCC3COC2. The highest BCUT2D eigenvalue weighted by Gasteiger charge is 2.37. The second-order valence-corrected chi connectivity index (χ2v) is 4.83. The summed E-state index contributed by atoms with van der Waals surface area (Å²) in [4.78, 5) is 0. The van der Waals surface area contributed by atoms with Crippen molar-refractivity contribution in [1.82, 2.24) is 5.32 Å². The van der Waals surface area contributed by atoms with Gasteiger partial charge in [0.05, 0.1) is 18.8 Å². The molecule has 2 heterocycles. The zero-order chi connectivity index (χ0) is 12.8. The van der Waals surface area contributed by atoms with E-state index >= 15 is 0 Å². The Hall–Kier alpha value is -1.07. The van der Waals surface area contributed by atoms with Crippen molar-refractivity contribution in [2.75, 3.05) is 19.7 Å². The molecule has 0 saturated heterocycles. The zero-order valence-electron chi connectivity index (χ0n) is 9.81. The van der Waals surface area contributed by atoms with Crippen LogP contribution in [0.25, 0.3) is 0 Å². The van der Waals surface area contributed by atoms with Crippen LogP contribution >= 0.6 is 0 Å². The highest BCUT2D eigenvalue weighted by molar-refractivity contribution is 5.46. The smallest absolute Gasteiger partial charge is 0.376 e. The molecule has 0 radical (unpaired) electrons. The molecule has 2 aliphatic heterocycles. The summed E-state index contributed by atoms with van der Waals surface area (Å²) < 4.78 is 44.6. The van der Waals surface area contributed by atoms with Gasteiger partial charge in [-0.1, -0.05) is 6.07 Å². The van der Waals surface area contributed by atoms with E-state index in [0.29, 0.717) is 38.3 Å². The van der Waals surface area contributed by atoms with Crippen molar-refractivity contribution >= 4 is 0 Å². The molecular weight excluding hydrogens is 243 g/mol. The van der Waals surface area contributed by atoms with E-state index in [1.165, 1.54) is 6.07 Å². The average molecular weight is 257 g/mol. The highest BCUT2D eigenvalue weighted by atomic mass is 19.4. The molecular formula is C13H14F3NO. The van der Waals surface area contributed by atoms with Crippen LogP contribution in [-0.4, -0.2) is 19.7 Å². The van der Waals surface area contributed by atoms with Gasteiger partial charge in [0, 0.05) is 12.5 Å². The quantitative estimate of drug-likeness (QED) is 0.771. The highest BCUT2D eigenvalue weighted by Crippen LogP contribution is 2.39. The van der Waals surface area contributed by atoms with Crippen LogP contribution in [0.15, 0.2) is 12.1 Å². The number of ether oxygens (including phenoxy) is 1. The molecule has 1 N–H and O–H groups in total. The molecule has 1 atom stereocenters. The van der Waals surface area contributed by atoms with Gasteiger partial charge in [0.15, 0.2) is 0 Å². The third kappa shape index (κ3) is 1.91. The Morgan fingerprint density at radius 3 is 2.89 bits per heavy atom. The lowest BCUT2D eigenvalue weighted by Gasteiger charge is -2.28. The summed E-state index contributed by atoms with van der Waals surface area (Å²) in [6.45, 7) is 2.22. The molecule has 0 saturated carbocycles. The summed E-state index contributed by atoms with van der Waals surface area (Å²) in [5, 5.41) is 3.19. The molecule has 0 aliphatic carbocycles. The second kappa shape index (κ2) is 4.24. The molecule has 98 valence electrons. The van der Waals surface area contributed by atoms with Crippen LogP contribution in [0.3, 0.4) is 0 Å². The Kier molecular flexibility index (Phi) is 2.83. The predicted octanol–water partition coefficient (Wildman–Crippen LogP) is 2.46. The summed E-state index contributed by atoms with van der Waals surface area (Å²) in [5.74, 6) is 0.0496. The Morgan fingerprint density at radius 2 is 2.11 bits per heavy atom. The van der Waals surface area contributed by atoms with Gasteiger partial charge in [-0.25, -0.2) is 0 Å².